The Morgan fingerprint density at radius 1 is 1.20 bits per heavy atom. The Labute approximate surface area is 161 Å². The van der Waals surface area contributed by atoms with Crippen LogP contribution in [0, 0.1) is 5.82 Å². The minimum Gasteiger partial charge on any atom is -0.369 e. The first-order chi connectivity index (χ1) is 11.1. The van der Waals surface area contributed by atoms with Crippen molar-refractivity contribution in [3.05, 3.63) is 30.1 Å². The Kier molecular flexibility index (Phi) is 8.93. The SMILES string of the molecule is CC(C(=O)NC1CCNC1)N1CCN(c2ccc(F)cc2)CC1.Cl.Cl. The summed E-state index contributed by atoms with van der Waals surface area (Å²) >= 11 is 0. The fourth-order valence-corrected chi connectivity index (χ4v) is 3.28. The summed E-state index contributed by atoms with van der Waals surface area (Å²) in [5.41, 5.74) is 1.04. The van der Waals surface area contributed by atoms with Gasteiger partial charge >= 0.3 is 0 Å². The molecule has 2 N–H and O–H groups in total. The molecule has 8 heteroatoms. The minimum atomic E-state index is -0.209. The molecule has 0 aromatic heterocycles. The van der Waals surface area contributed by atoms with Crippen LogP contribution in [0.4, 0.5) is 10.1 Å². The van der Waals surface area contributed by atoms with Gasteiger partial charge in [-0.3, -0.25) is 9.69 Å². The number of carbonyl (C=O) groups is 1. The van der Waals surface area contributed by atoms with E-state index in [1.54, 1.807) is 0 Å². The molecule has 2 atom stereocenters. The van der Waals surface area contributed by atoms with Crippen LogP contribution >= 0.6 is 24.8 Å². The second-order valence-corrected chi connectivity index (χ2v) is 6.37. The maximum atomic E-state index is 13.0. The van der Waals surface area contributed by atoms with E-state index >= 15 is 0 Å². The summed E-state index contributed by atoms with van der Waals surface area (Å²) in [5, 5.41) is 6.39. The van der Waals surface area contributed by atoms with Crippen LogP contribution in [0.25, 0.3) is 0 Å². The predicted octanol–water partition coefficient (Wildman–Crippen LogP) is 1.66. The quantitative estimate of drug-likeness (QED) is 0.817. The third-order valence-electron chi connectivity index (χ3n) is 4.84. The van der Waals surface area contributed by atoms with Crippen molar-refractivity contribution in [3.8, 4) is 0 Å². The number of anilines is 1. The molecule has 2 heterocycles. The molecular formula is C17H27Cl2FN4O. The monoisotopic (exact) mass is 392 g/mol. The van der Waals surface area contributed by atoms with Crippen molar-refractivity contribution in [2.45, 2.75) is 25.4 Å². The molecule has 2 aliphatic heterocycles. The van der Waals surface area contributed by atoms with Crippen LogP contribution in [0.3, 0.4) is 0 Å². The Hall–Kier alpha value is -1.08. The molecule has 0 spiro atoms. The van der Waals surface area contributed by atoms with Gasteiger partial charge in [-0.2, -0.15) is 0 Å². The predicted molar refractivity (Wildman–Crippen MR) is 104 cm³/mol. The zero-order chi connectivity index (χ0) is 16.2. The molecular weight excluding hydrogens is 366 g/mol. The van der Waals surface area contributed by atoms with E-state index in [4.69, 9.17) is 0 Å². The molecule has 0 aliphatic carbocycles. The van der Waals surface area contributed by atoms with E-state index in [2.05, 4.69) is 20.4 Å². The number of piperazine rings is 1. The summed E-state index contributed by atoms with van der Waals surface area (Å²) in [6.07, 6.45) is 1.01. The number of rotatable bonds is 4. The van der Waals surface area contributed by atoms with E-state index in [1.165, 1.54) is 12.1 Å². The van der Waals surface area contributed by atoms with E-state index < -0.39 is 0 Å². The van der Waals surface area contributed by atoms with Gasteiger partial charge in [0.15, 0.2) is 0 Å². The van der Waals surface area contributed by atoms with Crippen LogP contribution < -0.4 is 15.5 Å². The molecule has 1 aromatic rings. The Morgan fingerprint density at radius 2 is 1.84 bits per heavy atom. The summed E-state index contributed by atoms with van der Waals surface area (Å²) in [6.45, 7) is 7.23. The number of halogens is 3. The lowest BCUT2D eigenvalue weighted by molar-refractivity contribution is -0.126. The van der Waals surface area contributed by atoms with Gasteiger partial charge < -0.3 is 15.5 Å². The first-order valence-electron chi connectivity index (χ1n) is 8.39. The van der Waals surface area contributed by atoms with Gasteiger partial charge in [-0.1, -0.05) is 0 Å². The van der Waals surface area contributed by atoms with Crippen molar-refractivity contribution in [1.82, 2.24) is 15.5 Å². The average Bonchev–Trinajstić information content (AvgIpc) is 3.08. The van der Waals surface area contributed by atoms with E-state index in [9.17, 15) is 9.18 Å². The fraction of sp³-hybridized carbons (Fsp3) is 0.588. The highest BCUT2D eigenvalue weighted by atomic mass is 35.5. The highest BCUT2D eigenvalue weighted by Gasteiger charge is 2.27. The summed E-state index contributed by atoms with van der Waals surface area (Å²) in [4.78, 5) is 16.8. The van der Waals surface area contributed by atoms with E-state index in [1.807, 2.05) is 19.1 Å². The van der Waals surface area contributed by atoms with Gasteiger partial charge in [0.25, 0.3) is 0 Å². The van der Waals surface area contributed by atoms with Crippen molar-refractivity contribution < 1.29 is 9.18 Å². The van der Waals surface area contributed by atoms with Gasteiger partial charge in [-0.15, -0.1) is 24.8 Å². The second kappa shape index (κ2) is 10.2. The highest BCUT2D eigenvalue weighted by Crippen LogP contribution is 2.18. The molecule has 1 amide bonds. The van der Waals surface area contributed by atoms with Crippen LogP contribution in [0.15, 0.2) is 24.3 Å². The fourth-order valence-electron chi connectivity index (χ4n) is 3.28. The molecule has 3 rings (SSSR count). The van der Waals surface area contributed by atoms with E-state index in [-0.39, 0.29) is 48.6 Å². The van der Waals surface area contributed by atoms with Crippen molar-refractivity contribution in [1.29, 1.82) is 0 Å². The Balaban J connectivity index is 0.00000156. The number of benzene rings is 1. The Bertz CT molecular complexity index is 532. The van der Waals surface area contributed by atoms with Crippen LogP contribution in [-0.4, -0.2) is 62.2 Å². The molecule has 2 saturated heterocycles. The minimum absolute atomic E-state index is 0. The standard InChI is InChI=1S/C17H25FN4O.2ClH/c1-13(17(23)20-15-6-7-19-12-15)21-8-10-22(11-9-21)16-4-2-14(18)3-5-16;;/h2-5,13,15,19H,6-12H2,1H3,(H,20,23);2*1H. The van der Waals surface area contributed by atoms with E-state index in [0.717, 1.165) is 51.4 Å². The largest absolute Gasteiger partial charge is 0.369 e. The summed E-state index contributed by atoms with van der Waals surface area (Å²) in [5.74, 6) is -0.0898. The lowest BCUT2D eigenvalue weighted by Crippen LogP contribution is -2.55. The molecule has 2 unspecified atom stereocenters. The van der Waals surface area contributed by atoms with Crippen LogP contribution in [-0.2, 0) is 4.79 Å². The van der Waals surface area contributed by atoms with Crippen molar-refractivity contribution in [2.75, 3.05) is 44.2 Å². The van der Waals surface area contributed by atoms with Gasteiger partial charge in [0.1, 0.15) is 5.82 Å². The van der Waals surface area contributed by atoms with Gasteiger partial charge in [0.05, 0.1) is 6.04 Å². The zero-order valence-electron chi connectivity index (χ0n) is 14.4. The van der Waals surface area contributed by atoms with Crippen LogP contribution in [0.2, 0.25) is 0 Å². The Morgan fingerprint density at radius 3 is 2.40 bits per heavy atom. The van der Waals surface area contributed by atoms with Gasteiger partial charge in [0, 0.05) is 44.5 Å². The summed E-state index contributed by atoms with van der Waals surface area (Å²) < 4.78 is 13.0. The van der Waals surface area contributed by atoms with E-state index in [0.29, 0.717) is 0 Å². The lowest BCUT2D eigenvalue weighted by Gasteiger charge is -2.38. The maximum absolute atomic E-state index is 13.0. The van der Waals surface area contributed by atoms with Gasteiger partial charge in [0.2, 0.25) is 5.91 Å². The molecule has 0 saturated carbocycles. The molecule has 5 nitrogen and oxygen atoms in total. The van der Waals surface area contributed by atoms with Gasteiger partial charge in [-0.25, -0.2) is 4.39 Å². The van der Waals surface area contributed by atoms with Crippen LogP contribution in [0.1, 0.15) is 13.3 Å². The number of hydrogen-bond acceptors (Lipinski definition) is 4. The number of hydrogen-bond donors (Lipinski definition) is 2. The van der Waals surface area contributed by atoms with Gasteiger partial charge in [-0.05, 0) is 44.2 Å². The molecule has 25 heavy (non-hydrogen) atoms. The highest BCUT2D eigenvalue weighted by molar-refractivity contribution is 5.85. The number of nitrogens with zero attached hydrogens (tertiary/aromatic N) is 2. The second-order valence-electron chi connectivity index (χ2n) is 6.37. The molecule has 2 aliphatic rings. The molecule has 142 valence electrons. The third-order valence-corrected chi connectivity index (χ3v) is 4.84. The molecule has 0 radical (unpaired) electrons. The summed E-state index contributed by atoms with van der Waals surface area (Å²) in [7, 11) is 0. The first-order valence-corrected chi connectivity index (χ1v) is 8.39. The molecule has 2 fully saturated rings. The number of carbonyl (C=O) groups excluding carboxylic acids is 1. The lowest BCUT2D eigenvalue weighted by atomic mass is 10.1. The van der Waals surface area contributed by atoms with Crippen molar-refractivity contribution >= 4 is 36.4 Å². The first kappa shape index (κ1) is 22.0. The molecule has 1 aromatic carbocycles. The van der Waals surface area contributed by atoms with Crippen molar-refractivity contribution in [3.63, 3.8) is 0 Å². The van der Waals surface area contributed by atoms with Crippen molar-refractivity contribution in [2.24, 2.45) is 0 Å². The zero-order valence-corrected chi connectivity index (χ0v) is 16.0. The molecule has 0 bridgehead atoms. The average molecular weight is 393 g/mol. The number of amides is 1. The third kappa shape index (κ3) is 5.71. The topological polar surface area (TPSA) is 47.6 Å². The smallest absolute Gasteiger partial charge is 0.237 e. The van der Waals surface area contributed by atoms with Crippen LogP contribution in [0.5, 0.6) is 0 Å². The summed E-state index contributed by atoms with van der Waals surface area (Å²) in [6, 6.07) is 6.78. The number of nitrogens with one attached hydrogen (secondary N) is 2. The maximum Gasteiger partial charge on any atom is 0.237 e. The normalized spacial score (nSPS) is 21.8.